The summed E-state index contributed by atoms with van der Waals surface area (Å²) in [5, 5.41) is 7.66. The summed E-state index contributed by atoms with van der Waals surface area (Å²) in [4.78, 5) is 28.7. The minimum Gasteiger partial charge on any atom is -0.490 e. The molecule has 0 fully saturated rings. The lowest BCUT2D eigenvalue weighted by Crippen LogP contribution is -2.20. The summed E-state index contributed by atoms with van der Waals surface area (Å²) in [5.74, 6) is 2.75. The van der Waals surface area contributed by atoms with Gasteiger partial charge in [0.1, 0.15) is 0 Å². The Balaban J connectivity index is 1.21. The van der Waals surface area contributed by atoms with E-state index >= 15 is 0 Å². The first-order valence-corrected chi connectivity index (χ1v) is 23.1. The second kappa shape index (κ2) is 20.9. The zero-order chi connectivity index (χ0) is 41.8. The lowest BCUT2D eigenvalue weighted by Gasteiger charge is -2.20. The molecular formula is C54H64O6. The molecule has 60 heavy (non-hydrogen) atoms. The first-order valence-electron chi connectivity index (χ1n) is 23.1. The average molecular weight is 809 g/mol. The highest BCUT2D eigenvalue weighted by Crippen LogP contribution is 2.40. The lowest BCUT2D eigenvalue weighted by atomic mass is 9.81. The van der Waals surface area contributed by atoms with Crippen molar-refractivity contribution >= 4 is 54.7 Å². The molecule has 6 aromatic rings. The highest BCUT2D eigenvalue weighted by atomic mass is 16.5. The Bertz CT molecular complexity index is 2110. The molecule has 0 saturated heterocycles. The molecule has 1 aliphatic carbocycles. The van der Waals surface area contributed by atoms with Crippen molar-refractivity contribution < 1.29 is 28.5 Å². The van der Waals surface area contributed by atoms with Crippen LogP contribution in [-0.4, -0.2) is 38.0 Å². The summed E-state index contributed by atoms with van der Waals surface area (Å²) in [7, 11) is 0. The van der Waals surface area contributed by atoms with Gasteiger partial charge in [-0.25, -0.2) is 0 Å². The zero-order valence-electron chi connectivity index (χ0n) is 36.5. The summed E-state index contributed by atoms with van der Waals surface area (Å²) in [5.41, 5.74) is 1.77. The molecule has 1 aliphatic rings. The topological polar surface area (TPSA) is 71.1 Å². The molecule has 0 spiro atoms. The summed E-state index contributed by atoms with van der Waals surface area (Å²) < 4.78 is 25.3. The Labute approximate surface area is 356 Å². The van der Waals surface area contributed by atoms with Crippen LogP contribution in [0.3, 0.4) is 0 Å². The van der Waals surface area contributed by atoms with Crippen LogP contribution in [0.2, 0.25) is 0 Å². The molecule has 0 unspecified atom stereocenters. The first kappa shape index (κ1) is 43.0. The van der Waals surface area contributed by atoms with Gasteiger partial charge in [0.25, 0.3) is 0 Å². The molecule has 0 atom stereocenters. The fourth-order valence-electron chi connectivity index (χ4n) is 8.46. The fourth-order valence-corrected chi connectivity index (χ4v) is 8.46. The second-order valence-corrected chi connectivity index (χ2v) is 16.8. The molecule has 0 saturated carbocycles. The van der Waals surface area contributed by atoms with E-state index in [-0.39, 0.29) is 11.6 Å². The van der Waals surface area contributed by atoms with Crippen LogP contribution in [0.15, 0.2) is 72.8 Å². The van der Waals surface area contributed by atoms with E-state index < -0.39 is 0 Å². The molecule has 0 heterocycles. The second-order valence-electron chi connectivity index (χ2n) is 16.8. The third kappa shape index (κ3) is 10.1. The SMILES string of the molecule is CCCCCCOc1cc2cc3cc4c(cc3cc2cc1OCCCCCC)C(=O)c1cc2cc3cc(OCCCCCC)c(OCCCCCC)cc3cc2cc1C4=O. The Hall–Kier alpha value is -5.10. The third-order valence-corrected chi connectivity index (χ3v) is 12.0. The van der Waals surface area contributed by atoms with E-state index in [0.717, 1.165) is 117 Å². The minimum atomic E-state index is -0.130. The van der Waals surface area contributed by atoms with Crippen LogP contribution < -0.4 is 18.9 Å². The van der Waals surface area contributed by atoms with Crippen molar-refractivity contribution in [3.63, 3.8) is 0 Å². The standard InChI is InChI=1S/C54H64O6/c1-5-9-13-17-21-57-49-33-41-25-37-29-45-46(30-38(37)26-42(41)34-50(49)58-22-18-14-10-6-2)54(56)48-32-40-28-44-36-52(60-24-20-16-12-8-4)51(59-23-19-15-11-7-3)35-43(44)27-39(40)31-47(48)53(45)55/h25-36H,5-24H2,1-4H3. The maximum Gasteiger partial charge on any atom is 0.194 e. The van der Waals surface area contributed by atoms with Crippen molar-refractivity contribution in [1.82, 2.24) is 0 Å². The molecule has 0 amide bonds. The van der Waals surface area contributed by atoms with E-state index in [0.29, 0.717) is 48.7 Å². The van der Waals surface area contributed by atoms with Crippen molar-refractivity contribution in [1.29, 1.82) is 0 Å². The maximum absolute atomic E-state index is 14.4. The highest BCUT2D eigenvalue weighted by molar-refractivity contribution is 6.31. The van der Waals surface area contributed by atoms with Crippen LogP contribution in [-0.2, 0) is 0 Å². The van der Waals surface area contributed by atoms with Crippen LogP contribution in [0, 0.1) is 0 Å². The van der Waals surface area contributed by atoms with Crippen LogP contribution in [0.4, 0.5) is 0 Å². The molecular weight excluding hydrogens is 745 g/mol. The zero-order valence-corrected chi connectivity index (χ0v) is 36.5. The van der Waals surface area contributed by atoms with E-state index in [4.69, 9.17) is 18.9 Å². The number of carbonyl (C=O) groups excluding carboxylic acids is 2. The van der Waals surface area contributed by atoms with E-state index in [9.17, 15) is 9.59 Å². The van der Waals surface area contributed by atoms with Crippen molar-refractivity contribution in [2.45, 2.75) is 130 Å². The van der Waals surface area contributed by atoms with Gasteiger partial charge in [-0.2, -0.15) is 0 Å². The normalized spacial score (nSPS) is 12.4. The number of hydrogen-bond donors (Lipinski definition) is 0. The molecule has 0 aromatic heterocycles. The summed E-state index contributed by atoms with van der Waals surface area (Å²) >= 11 is 0. The largest absolute Gasteiger partial charge is 0.490 e. The van der Waals surface area contributed by atoms with Gasteiger partial charge in [0.15, 0.2) is 34.6 Å². The van der Waals surface area contributed by atoms with Gasteiger partial charge in [-0.3, -0.25) is 9.59 Å². The fraction of sp³-hybridized carbons (Fsp3) is 0.444. The summed E-state index contributed by atoms with van der Waals surface area (Å²) in [6, 6.07) is 24.3. The average Bonchev–Trinajstić information content (AvgIpc) is 3.25. The van der Waals surface area contributed by atoms with E-state index in [2.05, 4.69) is 76.2 Å². The van der Waals surface area contributed by atoms with Crippen LogP contribution in [0.5, 0.6) is 23.0 Å². The number of carbonyl (C=O) groups is 2. The number of ketones is 2. The monoisotopic (exact) mass is 808 g/mol. The van der Waals surface area contributed by atoms with Gasteiger partial charge >= 0.3 is 0 Å². The molecule has 0 radical (unpaired) electrons. The Morgan fingerprint density at radius 3 is 0.717 bits per heavy atom. The Kier molecular flexibility index (Phi) is 15.0. The predicted molar refractivity (Wildman–Crippen MR) is 248 cm³/mol. The van der Waals surface area contributed by atoms with Crippen LogP contribution in [0.25, 0.3) is 43.1 Å². The molecule has 0 N–H and O–H groups in total. The lowest BCUT2D eigenvalue weighted by molar-refractivity contribution is 0.0979. The van der Waals surface area contributed by atoms with Crippen molar-refractivity contribution in [3.05, 3.63) is 95.1 Å². The molecule has 6 nitrogen and oxygen atoms in total. The van der Waals surface area contributed by atoms with Crippen molar-refractivity contribution in [2.24, 2.45) is 0 Å². The number of fused-ring (bicyclic) bond motifs is 6. The highest BCUT2D eigenvalue weighted by Gasteiger charge is 2.31. The molecule has 6 aromatic carbocycles. The van der Waals surface area contributed by atoms with Gasteiger partial charge < -0.3 is 18.9 Å². The Morgan fingerprint density at radius 1 is 0.283 bits per heavy atom. The van der Waals surface area contributed by atoms with Gasteiger partial charge in [0.2, 0.25) is 0 Å². The smallest absolute Gasteiger partial charge is 0.194 e. The van der Waals surface area contributed by atoms with Gasteiger partial charge in [0, 0.05) is 22.3 Å². The van der Waals surface area contributed by atoms with Gasteiger partial charge in [0.05, 0.1) is 26.4 Å². The summed E-state index contributed by atoms with van der Waals surface area (Å²) in [6.07, 6.45) is 18.1. The molecule has 0 aliphatic heterocycles. The quantitative estimate of drug-likeness (QED) is 0.0447. The number of rotatable bonds is 24. The van der Waals surface area contributed by atoms with E-state index in [1.807, 2.05) is 24.3 Å². The number of hydrogen-bond acceptors (Lipinski definition) is 6. The van der Waals surface area contributed by atoms with E-state index in [1.165, 1.54) is 51.4 Å². The minimum absolute atomic E-state index is 0.130. The number of unbranched alkanes of at least 4 members (excludes halogenated alkanes) is 12. The number of ether oxygens (including phenoxy) is 4. The first-order chi connectivity index (χ1) is 29.4. The van der Waals surface area contributed by atoms with Gasteiger partial charge in [-0.15, -0.1) is 0 Å². The third-order valence-electron chi connectivity index (χ3n) is 12.0. The Morgan fingerprint density at radius 2 is 0.500 bits per heavy atom. The van der Waals surface area contributed by atoms with Gasteiger partial charge in [-0.1, -0.05) is 105 Å². The molecule has 316 valence electrons. The molecule has 0 bridgehead atoms. The molecule has 7 rings (SSSR count). The van der Waals surface area contributed by atoms with Crippen LogP contribution >= 0.6 is 0 Å². The predicted octanol–water partition coefficient (Wildman–Crippen LogP) is 14.9. The van der Waals surface area contributed by atoms with Crippen molar-refractivity contribution in [2.75, 3.05) is 26.4 Å². The summed E-state index contributed by atoms with van der Waals surface area (Å²) in [6.45, 7) is 11.4. The van der Waals surface area contributed by atoms with Gasteiger partial charge in [-0.05, 0) is 142 Å². The van der Waals surface area contributed by atoms with E-state index in [1.54, 1.807) is 0 Å². The van der Waals surface area contributed by atoms with Crippen LogP contribution in [0.1, 0.15) is 162 Å². The maximum atomic E-state index is 14.4. The van der Waals surface area contributed by atoms with Crippen molar-refractivity contribution in [3.8, 4) is 23.0 Å². The molecule has 6 heteroatoms. The number of benzene rings is 6.